The Morgan fingerprint density at radius 3 is 1.27 bits per heavy atom. The Labute approximate surface area is 290 Å². The number of nitrogens with one attached hydrogen (secondary N) is 2. The first-order valence-corrected chi connectivity index (χ1v) is 17.5. The Morgan fingerprint density at radius 1 is 0.347 bits per heavy atom. The van der Waals surface area contributed by atoms with Gasteiger partial charge in [0.2, 0.25) is 0 Å². The molecule has 10 rings (SSSR count). The molecule has 0 saturated carbocycles. The first-order chi connectivity index (χ1) is 24.2. The first-order valence-electron chi connectivity index (χ1n) is 16.7. The van der Waals surface area contributed by atoms with Gasteiger partial charge < -0.3 is 0 Å². The molecule has 0 aromatic heterocycles. The molecule has 7 aromatic rings. The van der Waals surface area contributed by atoms with Crippen LogP contribution in [0.2, 0.25) is 0 Å². The lowest BCUT2D eigenvalue weighted by molar-refractivity contribution is 0.633. The van der Waals surface area contributed by atoms with Crippen molar-refractivity contribution >= 4 is 21.8 Å². The van der Waals surface area contributed by atoms with E-state index in [0.717, 1.165) is 22.3 Å². The van der Waals surface area contributed by atoms with Crippen LogP contribution in [0.25, 0.3) is 22.3 Å². The molecule has 2 nitrogen and oxygen atoms in total. The third-order valence-electron chi connectivity index (χ3n) is 11.0. The smallest absolute Gasteiger partial charge is 0.101 e. The molecule has 7 aromatic carbocycles. The van der Waals surface area contributed by atoms with Crippen LogP contribution < -0.4 is 0 Å². The number of fused-ring (bicyclic) bond motifs is 16. The normalized spacial score (nSPS) is 14.7. The average molecular weight is 643 g/mol. The van der Waals surface area contributed by atoms with Crippen molar-refractivity contribution in [2.75, 3.05) is 0 Å². The summed E-state index contributed by atoms with van der Waals surface area (Å²) in [6, 6.07) is 61.1. The van der Waals surface area contributed by atoms with Gasteiger partial charge in [0.15, 0.2) is 0 Å². The van der Waals surface area contributed by atoms with Crippen molar-refractivity contribution < 1.29 is 0 Å². The second-order valence-corrected chi connectivity index (χ2v) is 14.1. The van der Waals surface area contributed by atoms with E-state index in [4.69, 9.17) is 5.41 Å². The highest BCUT2D eigenvalue weighted by Crippen LogP contribution is 2.67. The SMILES string of the molecule is N=C(SC(=N)c1cccc2c1-c1ccccc1C21c2ccccc2C2(c3ccccc3-c3ccccc32)c2ccccc21)c1ccccc1. The first kappa shape index (κ1) is 28.3. The number of benzene rings is 7. The van der Waals surface area contributed by atoms with E-state index < -0.39 is 10.8 Å². The Balaban J connectivity index is 1.29. The van der Waals surface area contributed by atoms with Gasteiger partial charge in [-0.15, -0.1) is 0 Å². The van der Waals surface area contributed by atoms with E-state index in [1.807, 2.05) is 30.3 Å². The minimum absolute atomic E-state index is 0.373. The number of hydrogen-bond acceptors (Lipinski definition) is 3. The lowest BCUT2D eigenvalue weighted by Crippen LogP contribution is -2.43. The standard InChI is InChI=1S/C46H30N2S/c47-43(29-15-2-1-3-16-29)49-44(48)33-20-14-28-41-42(33)32-19-6-9-23-36(32)46(41)39-26-12-10-24-37(39)45(38-25-11-13-27-40(38)46)34-21-7-4-17-30(34)31-18-5-8-22-35(31)45/h1-28,47-48H. The van der Waals surface area contributed by atoms with Crippen molar-refractivity contribution in [2.45, 2.75) is 10.8 Å². The quantitative estimate of drug-likeness (QED) is 0.143. The number of rotatable bonds is 2. The van der Waals surface area contributed by atoms with Crippen molar-refractivity contribution in [3.8, 4) is 22.3 Å². The molecule has 2 spiro atoms. The average Bonchev–Trinajstić information content (AvgIpc) is 3.63. The summed E-state index contributed by atoms with van der Waals surface area (Å²) in [5.74, 6) is 0. The minimum Gasteiger partial charge on any atom is -0.293 e. The van der Waals surface area contributed by atoms with E-state index in [-0.39, 0.29) is 0 Å². The van der Waals surface area contributed by atoms with Gasteiger partial charge in [-0.2, -0.15) is 0 Å². The summed E-state index contributed by atoms with van der Waals surface area (Å²) in [4.78, 5) is 0. The fourth-order valence-corrected chi connectivity index (χ4v) is 10.0. The second-order valence-electron chi connectivity index (χ2n) is 13.1. The topological polar surface area (TPSA) is 47.7 Å². The lowest BCUT2D eigenvalue weighted by Gasteiger charge is -2.48. The highest BCUT2D eigenvalue weighted by atomic mass is 32.2. The molecule has 49 heavy (non-hydrogen) atoms. The molecular formula is C46H30N2S. The van der Waals surface area contributed by atoms with Crippen LogP contribution in [0.15, 0.2) is 170 Å². The molecule has 0 amide bonds. The van der Waals surface area contributed by atoms with Crippen LogP contribution in [-0.2, 0) is 10.8 Å². The van der Waals surface area contributed by atoms with E-state index in [1.54, 1.807) is 0 Å². The summed E-state index contributed by atoms with van der Waals surface area (Å²) in [5, 5.41) is 19.0. The summed E-state index contributed by atoms with van der Waals surface area (Å²) in [6.45, 7) is 0. The van der Waals surface area contributed by atoms with E-state index in [2.05, 4.69) is 140 Å². The van der Waals surface area contributed by atoms with Gasteiger partial charge in [-0.25, -0.2) is 0 Å². The van der Waals surface area contributed by atoms with E-state index in [9.17, 15) is 5.41 Å². The highest BCUT2D eigenvalue weighted by molar-refractivity contribution is 8.27. The van der Waals surface area contributed by atoms with Crippen molar-refractivity contribution in [1.82, 2.24) is 0 Å². The summed E-state index contributed by atoms with van der Waals surface area (Å²) in [6.07, 6.45) is 0. The Hall–Kier alpha value is -5.77. The van der Waals surface area contributed by atoms with E-state index in [0.29, 0.717) is 10.1 Å². The van der Waals surface area contributed by atoms with Crippen LogP contribution in [-0.4, -0.2) is 10.1 Å². The molecule has 3 aliphatic rings. The third kappa shape index (κ3) is 3.53. The Kier molecular flexibility index (Phi) is 5.98. The van der Waals surface area contributed by atoms with Crippen molar-refractivity contribution in [3.63, 3.8) is 0 Å². The van der Waals surface area contributed by atoms with Crippen molar-refractivity contribution in [1.29, 1.82) is 10.8 Å². The van der Waals surface area contributed by atoms with Gasteiger partial charge in [0.1, 0.15) is 10.1 Å². The Bertz CT molecular complexity index is 2430. The van der Waals surface area contributed by atoms with E-state index >= 15 is 0 Å². The lowest BCUT2D eigenvalue weighted by atomic mass is 9.52. The van der Waals surface area contributed by atoms with Gasteiger partial charge in [0, 0.05) is 11.1 Å². The molecule has 3 heteroatoms. The third-order valence-corrected chi connectivity index (χ3v) is 11.8. The van der Waals surface area contributed by atoms with Gasteiger partial charge in [-0.3, -0.25) is 10.8 Å². The van der Waals surface area contributed by atoms with Gasteiger partial charge >= 0.3 is 0 Å². The summed E-state index contributed by atoms with van der Waals surface area (Å²) < 4.78 is 0. The predicted octanol–water partition coefficient (Wildman–Crippen LogP) is 10.8. The maximum atomic E-state index is 9.43. The minimum atomic E-state index is -0.593. The summed E-state index contributed by atoms with van der Waals surface area (Å²) >= 11 is 1.22. The number of thioether (sulfide) groups is 1. The van der Waals surface area contributed by atoms with Crippen LogP contribution in [0.3, 0.4) is 0 Å². The molecule has 0 aliphatic heterocycles. The second kappa shape index (κ2) is 10.4. The molecule has 0 bridgehead atoms. The largest absolute Gasteiger partial charge is 0.293 e. The predicted molar refractivity (Wildman–Crippen MR) is 202 cm³/mol. The molecule has 0 fully saturated rings. The Morgan fingerprint density at radius 2 is 0.735 bits per heavy atom. The zero-order valence-electron chi connectivity index (χ0n) is 26.6. The molecule has 0 heterocycles. The van der Waals surface area contributed by atoms with Crippen LogP contribution >= 0.6 is 11.8 Å². The summed E-state index contributed by atoms with van der Waals surface area (Å²) in [7, 11) is 0. The van der Waals surface area contributed by atoms with Crippen LogP contribution in [0.1, 0.15) is 55.6 Å². The molecule has 0 atom stereocenters. The van der Waals surface area contributed by atoms with Crippen LogP contribution in [0.4, 0.5) is 0 Å². The molecule has 230 valence electrons. The monoisotopic (exact) mass is 642 g/mol. The number of hydrogen-bond donors (Lipinski definition) is 2. The van der Waals surface area contributed by atoms with Gasteiger partial charge in [-0.05, 0) is 66.8 Å². The zero-order valence-corrected chi connectivity index (χ0v) is 27.4. The van der Waals surface area contributed by atoms with Crippen LogP contribution in [0, 0.1) is 10.8 Å². The van der Waals surface area contributed by atoms with Gasteiger partial charge in [0.05, 0.1) is 10.8 Å². The molecular weight excluding hydrogens is 613 g/mol. The molecule has 0 unspecified atom stereocenters. The molecule has 2 N–H and O–H groups in total. The van der Waals surface area contributed by atoms with Crippen molar-refractivity contribution in [2.24, 2.45) is 0 Å². The molecule has 0 saturated heterocycles. The molecule has 3 aliphatic carbocycles. The fourth-order valence-electron chi connectivity index (χ4n) is 9.28. The highest BCUT2D eigenvalue weighted by Gasteiger charge is 2.59. The molecule has 0 radical (unpaired) electrons. The van der Waals surface area contributed by atoms with E-state index in [1.165, 1.54) is 67.4 Å². The van der Waals surface area contributed by atoms with Crippen molar-refractivity contribution in [3.05, 3.63) is 225 Å². The summed E-state index contributed by atoms with van der Waals surface area (Å²) in [5.41, 5.74) is 15.7. The maximum Gasteiger partial charge on any atom is 0.101 e. The van der Waals surface area contributed by atoms with Gasteiger partial charge in [0.25, 0.3) is 0 Å². The fraction of sp³-hybridized carbons (Fsp3) is 0.0435. The van der Waals surface area contributed by atoms with Crippen LogP contribution in [0.5, 0.6) is 0 Å². The van der Waals surface area contributed by atoms with Gasteiger partial charge in [-0.1, -0.05) is 182 Å². The maximum absolute atomic E-state index is 9.43. The zero-order chi connectivity index (χ0) is 32.7.